The van der Waals surface area contributed by atoms with E-state index in [4.69, 9.17) is 0 Å². The molecule has 0 unspecified atom stereocenters. The molecule has 0 bridgehead atoms. The molecular weight excluding hydrogens is 525 g/mol. The van der Waals surface area contributed by atoms with Gasteiger partial charge in [0.15, 0.2) is 0 Å². The quantitative estimate of drug-likeness (QED) is 0.192. The molecule has 0 amide bonds. The first-order valence-electron chi connectivity index (χ1n) is 10.1. The first-order valence-corrected chi connectivity index (χ1v) is 14.3. The molecule has 6 nitrogen and oxygen atoms in total. The first kappa shape index (κ1) is 32.9. The molecule has 0 saturated carbocycles. The third-order valence-corrected chi connectivity index (χ3v) is 10.4. The summed E-state index contributed by atoms with van der Waals surface area (Å²) in [6.45, 7) is 10.5. The minimum Gasteiger partial charge on any atom is -0.744 e. The van der Waals surface area contributed by atoms with E-state index in [9.17, 15) is 25.9 Å². The van der Waals surface area contributed by atoms with Gasteiger partial charge in [-0.1, -0.05) is 35.9 Å². The second-order valence-corrected chi connectivity index (χ2v) is 13.2. The minimum atomic E-state index is -4.73. The van der Waals surface area contributed by atoms with Gasteiger partial charge in [-0.05, 0) is 105 Å². The van der Waals surface area contributed by atoms with Gasteiger partial charge in [0.1, 0.15) is 20.2 Å². The molecule has 0 radical (unpaired) electrons. The van der Waals surface area contributed by atoms with Gasteiger partial charge in [0.25, 0.3) is 0 Å². The van der Waals surface area contributed by atoms with Crippen LogP contribution in [-0.2, 0) is 20.2 Å². The van der Waals surface area contributed by atoms with Gasteiger partial charge >= 0.3 is 59.1 Å². The van der Waals surface area contributed by atoms with E-state index in [1.54, 1.807) is 27.7 Å². The summed E-state index contributed by atoms with van der Waals surface area (Å²) in [4.78, 5) is -0.588. The largest absolute Gasteiger partial charge is 1.00 e. The predicted octanol–water partition coefficient (Wildman–Crippen LogP) is -2.89. The molecule has 35 heavy (non-hydrogen) atoms. The van der Waals surface area contributed by atoms with E-state index in [1.165, 1.54) is 12.1 Å². The molecule has 0 fully saturated rings. The summed E-state index contributed by atoms with van der Waals surface area (Å²) in [6, 6.07) is 12.3. The number of hydrogen-bond acceptors (Lipinski definition) is 6. The van der Waals surface area contributed by atoms with Crippen LogP contribution >= 0.6 is 7.92 Å². The Labute approximate surface area is 253 Å². The van der Waals surface area contributed by atoms with Crippen molar-refractivity contribution in [3.8, 4) is 0 Å². The number of rotatable bonds is 5. The van der Waals surface area contributed by atoms with Gasteiger partial charge in [0, 0.05) is 0 Å². The topological polar surface area (TPSA) is 114 Å². The van der Waals surface area contributed by atoms with Crippen LogP contribution in [0, 0.1) is 41.5 Å². The van der Waals surface area contributed by atoms with Crippen molar-refractivity contribution in [2.24, 2.45) is 0 Å². The monoisotopic (exact) mass is 550 g/mol. The van der Waals surface area contributed by atoms with Crippen molar-refractivity contribution in [1.29, 1.82) is 0 Å². The van der Waals surface area contributed by atoms with E-state index < -0.39 is 28.2 Å². The molecule has 0 heterocycles. The van der Waals surface area contributed by atoms with Gasteiger partial charge < -0.3 is 9.11 Å². The molecule has 11 heteroatoms. The molecule has 0 N–H and O–H groups in total. The van der Waals surface area contributed by atoms with Crippen molar-refractivity contribution in [2.75, 3.05) is 0 Å². The number of aryl methyl sites for hydroxylation is 4. The second kappa shape index (κ2) is 12.2. The molecule has 176 valence electrons. The van der Waals surface area contributed by atoms with Crippen molar-refractivity contribution in [3.05, 3.63) is 75.8 Å². The van der Waals surface area contributed by atoms with Crippen LogP contribution in [-0.4, -0.2) is 25.9 Å². The zero-order valence-electron chi connectivity index (χ0n) is 21.3. The van der Waals surface area contributed by atoms with Crippen LogP contribution in [0.3, 0.4) is 0 Å². The van der Waals surface area contributed by atoms with Crippen LogP contribution < -0.4 is 75.0 Å². The smallest absolute Gasteiger partial charge is 0.744 e. The Kier molecular flexibility index (Phi) is 11.5. The molecule has 3 aromatic rings. The minimum absolute atomic E-state index is 0. The van der Waals surface area contributed by atoms with Crippen LogP contribution in [0.15, 0.2) is 52.3 Å². The van der Waals surface area contributed by atoms with Gasteiger partial charge in [-0.2, -0.15) is 0 Å². The van der Waals surface area contributed by atoms with Crippen LogP contribution in [0.2, 0.25) is 0 Å². The van der Waals surface area contributed by atoms with Gasteiger partial charge in [-0.15, -0.1) is 0 Å². The normalized spacial score (nSPS) is 11.7. The van der Waals surface area contributed by atoms with Gasteiger partial charge in [0.05, 0.1) is 9.79 Å². The SMILES string of the molecule is Cc1ccc(C)c(P(c2cc(C)cc(S(=O)(=O)[O-])c2C)c2cc(C)cc(S(=O)(=O)[O-])c2C)c1.[Na+].[Na+]. The van der Waals surface area contributed by atoms with E-state index >= 15 is 0 Å². The molecule has 3 aromatic carbocycles. The van der Waals surface area contributed by atoms with Crippen LogP contribution in [0.5, 0.6) is 0 Å². The van der Waals surface area contributed by atoms with Crippen molar-refractivity contribution >= 4 is 44.1 Å². The fourth-order valence-electron chi connectivity index (χ4n) is 3.95. The zero-order chi connectivity index (χ0) is 24.9. The Morgan fingerprint density at radius 2 is 0.943 bits per heavy atom. The molecule has 3 rings (SSSR count). The average molecular weight is 551 g/mol. The second-order valence-electron chi connectivity index (χ2n) is 8.35. The summed E-state index contributed by atoms with van der Waals surface area (Å²) in [5.74, 6) is 0. The molecule has 0 spiro atoms. The van der Waals surface area contributed by atoms with Crippen LogP contribution in [0.25, 0.3) is 0 Å². The molecule has 0 aliphatic carbocycles. The fraction of sp³-hybridized carbons (Fsp3) is 0.250. The predicted molar refractivity (Wildman–Crippen MR) is 129 cm³/mol. The third kappa shape index (κ3) is 7.27. The Morgan fingerprint density at radius 3 is 1.31 bits per heavy atom. The number of hydrogen-bond donors (Lipinski definition) is 0. The summed E-state index contributed by atoms with van der Waals surface area (Å²) in [7, 11) is -11.0. The molecule has 0 aliphatic heterocycles. The zero-order valence-corrected chi connectivity index (χ0v) is 27.8. The van der Waals surface area contributed by atoms with E-state index in [-0.39, 0.29) is 68.9 Å². The maximum atomic E-state index is 12.0. The van der Waals surface area contributed by atoms with Crippen molar-refractivity contribution < 1.29 is 85.1 Å². The van der Waals surface area contributed by atoms with Crippen molar-refractivity contribution in [1.82, 2.24) is 0 Å². The number of benzene rings is 3. The summed E-state index contributed by atoms with van der Waals surface area (Å²) in [6.07, 6.45) is 0. The summed E-state index contributed by atoms with van der Waals surface area (Å²) >= 11 is 0. The third-order valence-electron chi connectivity index (χ3n) is 5.58. The van der Waals surface area contributed by atoms with E-state index in [0.29, 0.717) is 32.9 Å². The van der Waals surface area contributed by atoms with Gasteiger partial charge in [-0.3, -0.25) is 0 Å². The van der Waals surface area contributed by atoms with E-state index in [0.717, 1.165) is 16.4 Å². The maximum Gasteiger partial charge on any atom is 1.00 e. The summed E-state index contributed by atoms with van der Waals surface area (Å²) in [5, 5.41) is 2.17. The Bertz CT molecular complexity index is 1400. The van der Waals surface area contributed by atoms with Crippen LogP contribution in [0.4, 0.5) is 0 Å². The Morgan fingerprint density at radius 1 is 0.571 bits per heavy atom. The molecule has 0 aromatic heterocycles. The fourth-order valence-corrected chi connectivity index (χ4v) is 8.84. The van der Waals surface area contributed by atoms with E-state index in [1.807, 2.05) is 44.2 Å². The standard InChI is InChI=1S/C24H27O6PS2.2Na/c1-14-7-8-17(4)20(9-14)31(21-10-15(2)12-23(18(21)5)32(25,26)27)22-11-16(3)13-24(19(22)6)33(28,29)30;;/h7-13H,1-6H3,(H,25,26,27)(H,28,29,30);;/q;2*+1/p-2. The Hall–Kier alpha value is -0.0900. The van der Waals surface area contributed by atoms with Gasteiger partial charge in [-0.25, -0.2) is 16.8 Å². The molecule has 0 saturated heterocycles. The molecule has 0 aliphatic rings. The average Bonchev–Trinajstić information content (AvgIpc) is 2.67. The molecular formula is C24H25Na2O6PS2. The van der Waals surface area contributed by atoms with E-state index in [2.05, 4.69) is 0 Å². The van der Waals surface area contributed by atoms with Crippen LogP contribution in [0.1, 0.15) is 33.4 Å². The van der Waals surface area contributed by atoms with Crippen molar-refractivity contribution in [2.45, 2.75) is 51.3 Å². The Balaban J connectivity index is 0.00000306. The maximum absolute atomic E-state index is 12.0. The summed E-state index contributed by atoms with van der Waals surface area (Å²) < 4.78 is 72.1. The van der Waals surface area contributed by atoms with Crippen molar-refractivity contribution in [3.63, 3.8) is 0 Å². The van der Waals surface area contributed by atoms with Gasteiger partial charge in [0.2, 0.25) is 0 Å². The summed E-state index contributed by atoms with van der Waals surface area (Å²) in [5.41, 5.74) is 3.78. The molecule has 0 atom stereocenters. The first-order chi connectivity index (χ1) is 15.1.